The predicted octanol–water partition coefficient (Wildman–Crippen LogP) is 2.88. The highest BCUT2D eigenvalue weighted by Crippen LogP contribution is 2.28. The SMILES string of the molecule is CC1(C)CN(c2cc(Br)ccc2C=O)CCO1. The molecule has 2 rings (SSSR count). The first-order valence-corrected chi connectivity index (χ1v) is 6.45. The van der Waals surface area contributed by atoms with Crippen LogP contribution in [0, 0.1) is 0 Å². The highest BCUT2D eigenvalue weighted by Gasteiger charge is 2.28. The van der Waals surface area contributed by atoms with Crippen molar-refractivity contribution in [3.05, 3.63) is 28.2 Å². The quantitative estimate of drug-likeness (QED) is 0.786. The molecular formula is C13H16BrNO2. The van der Waals surface area contributed by atoms with Crippen molar-refractivity contribution in [3.63, 3.8) is 0 Å². The van der Waals surface area contributed by atoms with Crippen LogP contribution in [0.4, 0.5) is 5.69 Å². The summed E-state index contributed by atoms with van der Waals surface area (Å²) in [6.45, 7) is 6.44. The van der Waals surface area contributed by atoms with Gasteiger partial charge in [0.15, 0.2) is 6.29 Å². The molecule has 0 saturated carbocycles. The minimum absolute atomic E-state index is 0.166. The summed E-state index contributed by atoms with van der Waals surface area (Å²) in [5, 5.41) is 0. The lowest BCUT2D eigenvalue weighted by atomic mass is 10.1. The van der Waals surface area contributed by atoms with Gasteiger partial charge in [0.1, 0.15) is 0 Å². The van der Waals surface area contributed by atoms with Crippen LogP contribution in [0.3, 0.4) is 0 Å². The number of carbonyl (C=O) groups is 1. The smallest absolute Gasteiger partial charge is 0.152 e. The van der Waals surface area contributed by atoms with E-state index in [1.54, 1.807) is 0 Å². The number of ether oxygens (including phenoxy) is 1. The van der Waals surface area contributed by atoms with Crippen LogP contribution in [0.5, 0.6) is 0 Å². The molecule has 0 bridgehead atoms. The van der Waals surface area contributed by atoms with Gasteiger partial charge in [-0.1, -0.05) is 15.9 Å². The van der Waals surface area contributed by atoms with Crippen LogP contribution in [0.2, 0.25) is 0 Å². The van der Waals surface area contributed by atoms with Gasteiger partial charge in [-0.05, 0) is 32.0 Å². The maximum atomic E-state index is 11.1. The number of morpholine rings is 1. The fourth-order valence-electron chi connectivity index (χ4n) is 2.11. The third-order valence-corrected chi connectivity index (χ3v) is 3.38. The standard InChI is InChI=1S/C13H16BrNO2/c1-13(2)9-15(5-6-17-13)12-7-11(14)4-3-10(12)8-16/h3-4,7-8H,5-6,9H2,1-2H3. The molecule has 0 N–H and O–H groups in total. The zero-order valence-corrected chi connectivity index (χ0v) is 11.7. The van der Waals surface area contributed by atoms with Crippen molar-refractivity contribution in [1.29, 1.82) is 0 Å². The normalized spacial score (nSPS) is 19.1. The zero-order valence-electron chi connectivity index (χ0n) is 10.1. The van der Waals surface area contributed by atoms with Gasteiger partial charge in [-0.25, -0.2) is 0 Å². The van der Waals surface area contributed by atoms with Crippen molar-refractivity contribution in [2.24, 2.45) is 0 Å². The minimum atomic E-state index is -0.166. The van der Waals surface area contributed by atoms with Crippen molar-refractivity contribution in [3.8, 4) is 0 Å². The van der Waals surface area contributed by atoms with Gasteiger partial charge in [-0.2, -0.15) is 0 Å². The van der Waals surface area contributed by atoms with Crippen LogP contribution in [0.15, 0.2) is 22.7 Å². The van der Waals surface area contributed by atoms with E-state index in [9.17, 15) is 4.79 Å². The number of aldehydes is 1. The van der Waals surface area contributed by atoms with Gasteiger partial charge >= 0.3 is 0 Å². The second-order valence-electron chi connectivity index (χ2n) is 4.85. The summed E-state index contributed by atoms with van der Waals surface area (Å²) in [5.74, 6) is 0. The molecule has 1 aliphatic rings. The molecule has 3 nitrogen and oxygen atoms in total. The summed E-state index contributed by atoms with van der Waals surface area (Å²) in [6, 6.07) is 5.72. The van der Waals surface area contributed by atoms with E-state index >= 15 is 0 Å². The fourth-order valence-corrected chi connectivity index (χ4v) is 2.46. The Morgan fingerprint density at radius 3 is 2.88 bits per heavy atom. The Bertz CT molecular complexity index is 431. The summed E-state index contributed by atoms with van der Waals surface area (Å²) in [6.07, 6.45) is 0.907. The van der Waals surface area contributed by atoms with Gasteiger partial charge in [0, 0.05) is 28.8 Å². The summed E-state index contributed by atoms with van der Waals surface area (Å²) in [5.41, 5.74) is 1.54. The Balaban J connectivity index is 2.32. The van der Waals surface area contributed by atoms with Crippen molar-refractivity contribution in [2.45, 2.75) is 19.4 Å². The van der Waals surface area contributed by atoms with E-state index in [-0.39, 0.29) is 5.60 Å². The monoisotopic (exact) mass is 297 g/mol. The molecule has 0 unspecified atom stereocenters. The molecule has 0 amide bonds. The van der Waals surface area contributed by atoms with Gasteiger partial charge in [0.05, 0.1) is 12.2 Å². The topological polar surface area (TPSA) is 29.5 Å². The molecule has 0 radical (unpaired) electrons. The molecule has 1 aromatic carbocycles. The Labute approximate surface area is 110 Å². The molecule has 0 spiro atoms. The maximum Gasteiger partial charge on any atom is 0.152 e. The van der Waals surface area contributed by atoms with E-state index in [0.717, 1.165) is 35.1 Å². The lowest BCUT2D eigenvalue weighted by Crippen LogP contribution is -2.48. The first-order valence-electron chi connectivity index (χ1n) is 5.65. The summed E-state index contributed by atoms with van der Waals surface area (Å²) >= 11 is 3.45. The van der Waals surface area contributed by atoms with Crippen molar-refractivity contribution >= 4 is 27.9 Å². The molecule has 92 valence electrons. The zero-order chi connectivity index (χ0) is 12.5. The molecule has 1 aromatic rings. The number of nitrogens with zero attached hydrogens (tertiary/aromatic N) is 1. The van der Waals surface area contributed by atoms with Crippen molar-refractivity contribution in [2.75, 3.05) is 24.6 Å². The first-order chi connectivity index (χ1) is 8.02. The molecule has 1 heterocycles. The summed E-state index contributed by atoms with van der Waals surface area (Å²) < 4.78 is 6.67. The van der Waals surface area contributed by atoms with Gasteiger partial charge < -0.3 is 9.64 Å². The molecule has 1 aliphatic heterocycles. The minimum Gasteiger partial charge on any atom is -0.372 e. The second-order valence-corrected chi connectivity index (χ2v) is 5.77. The van der Waals surface area contributed by atoms with Gasteiger partial charge in [0.2, 0.25) is 0 Å². The van der Waals surface area contributed by atoms with Gasteiger partial charge in [-0.15, -0.1) is 0 Å². The van der Waals surface area contributed by atoms with E-state index < -0.39 is 0 Å². The molecule has 1 saturated heterocycles. The molecular weight excluding hydrogens is 282 g/mol. The van der Waals surface area contributed by atoms with Gasteiger partial charge in [-0.3, -0.25) is 4.79 Å². The van der Waals surface area contributed by atoms with Crippen LogP contribution in [0.25, 0.3) is 0 Å². The predicted molar refractivity (Wildman–Crippen MR) is 71.8 cm³/mol. The van der Waals surface area contributed by atoms with E-state index in [0.29, 0.717) is 6.61 Å². The van der Waals surface area contributed by atoms with Crippen LogP contribution in [-0.2, 0) is 4.74 Å². The van der Waals surface area contributed by atoms with E-state index in [4.69, 9.17) is 4.74 Å². The molecule has 17 heavy (non-hydrogen) atoms. The molecule has 0 atom stereocenters. The number of benzene rings is 1. The number of hydrogen-bond acceptors (Lipinski definition) is 3. The van der Waals surface area contributed by atoms with Gasteiger partial charge in [0.25, 0.3) is 0 Å². The lowest BCUT2D eigenvalue weighted by molar-refractivity contribution is -0.0277. The number of anilines is 1. The highest BCUT2D eigenvalue weighted by molar-refractivity contribution is 9.10. The number of rotatable bonds is 2. The Morgan fingerprint density at radius 2 is 2.24 bits per heavy atom. The third-order valence-electron chi connectivity index (χ3n) is 2.89. The van der Waals surface area contributed by atoms with E-state index in [1.807, 2.05) is 18.2 Å². The third kappa shape index (κ3) is 2.87. The van der Waals surface area contributed by atoms with E-state index in [1.165, 1.54) is 0 Å². The number of hydrogen-bond donors (Lipinski definition) is 0. The van der Waals surface area contributed by atoms with E-state index in [2.05, 4.69) is 34.7 Å². The summed E-state index contributed by atoms with van der Waals surface area (Å²) in [4.78, 5) is 13.3. The van der Waals surface area contributed by atoms with Crippen molar-refractivity contribution < 1.29 is 9.53 Å². The number of carbonyl (C=O) groups excluding carboxylic acids is 1. The fraction of sp³-hybridized carbons (Fsp3) is 0.462. The van der Waals surface area contributed by atoms with Crippen LogP contribution in [-0.4, -0.2) is 31.6 Å². The number of halogens is 1. The molecule has 0 aliphatic carbocycles. The lowest BCUT2D eigenvalue weighted by Gasteiger charge is -2.40. The molecule has 0 aromatic heterocycles. The average Bonchev–Trinajstić information content (AvgIpc) is 2.27. The first kappa shape index (κ1) is 12.6. The Hall–Kier alpha value is -0.870. The molecule has 4 heteroatoms. The van der Waals surface area contributed by atoms with Crippen molar-refractivity contribution in [1.82, 2.24) is 0 Å². The average molecular weight is 298 g/mol. The highest BCUT2D eigenvalue weighted by atomic mass is 79.9. The second kappa shape index (κ2) is 4.78. The summed E-state index contributed by atoms with van der Waals surface area (Å²) in [7, 11) is 0. The van der Waals surface area contributed by atoms with Crippen LogP contribution in [0.1, 0.15) is 24.2 Å². The van der Waals surface area contributed by atoms with Crippen LogP contribution >= 0.6 is 15.9 Å². The Kier molecular flexibility index (Phi) is 3.54. The maximum absolute atomic E-state index is 11.1. The van der Waals surface area contributed by atoms with Crippen LogP contribution < -0.4 is 4.90 Å². The Morgan fingerprint density at radius 1 is 1.47 bits per heavy atom. The molecule has 1 fully saturated rings. The largest absolute Gasteiger partial charge is 0.372 e.